The fourth-order valence-corrected chi connectivity index (χ4v) is 3.19. The minimum Gasteiger partial charge on any atom is -0.379 e. The molecule has 6 heteroatoms. The summed E-state index contributed by atoms with van der Waals surface area (Å²) in [5.41, 5.74) is 0.703. The zero-order valence-electron chi connectivity index (χ0n) is 18.4. The first-order chi connectivity index (χ1) is 14.8. The fourth-order valence-electron chi connectivity index (χ4n) is 2.96. The molecule has 0 amide bonds. The van der Waals surface area contributed by atoms with Crippen molar-refractivity contribution >= 4 is 12.6 Å². The second kappa shape index (κ2) is 21.6. The highest BCUT2D eigenvalue weighted by molar-refractivity contribution is 7.80. The van der Waals surface area contributed by atoms with Gasteiger partial charge in [0.05, 0.1) is 46.2 Å². The van der Waals surface area contributed by atoms with Crippen LogP contribution in [0, 0.1) is 11.9 Å². The van der Waals surface area contributed by atoms with Gasteiger partial charge >= 0.3 is 0 Å². The van der Waals surface area contributed by atoms with Gasteiger partial charge in [0, 0.05) is 6.61 Å². The molecule has 0 saturated carbocycles. The third-order valence-corrected chi connectivity index (χ3v) is 4.96. The van der Waals surface area contributed by atoms with Gasteiger partial charge in [-0.25, -0.2) is 4.39 Å². The van der Waals surface area contributed by atoms with E-state index < -0.39 is 0 Å². The average Bonchev–Trinajstić information content (AvgIpc) is 2.75. The van der Waals surface area contributed by atoms with Crippen molar-refractivity contribution in [1.82, 2.24) is 0 Å². The van der Waals surface area contributed by atoms with Gasteiger partial charge in [-0.15, -0.1) is 0 Å². The molecule has 0 aliphatic rings. The summed E-state index contributed by atoms with van der Waals surface area (Å²) in [5.74, 6) is 0.750. The largest absolute Gasteiger partial charge is 0.379 e. The summed E-state index contributed by atoms with van der Waals surface area (Å²) in [7, 11) is 0. The van der Waals surface area contributed by atoms with Gasteiger partial charge in [-0.3, -0.25) is 0 Å². The Bertz CT molecular complexity index is 490. The zero-order valence-corrected chi connectivity index (χ0v) is 19.3. The van der Waals surface area contributed by atoms with Crippen molar-refractivity contribution in [1.29, 1.82) is 0 Å². The molecule has 0 N–H and O–H groups in total. The number of hydrogen-bond donors (Lipinski definition) is 1. The maximum atomic E-state index is 13.0. The van der Waals surface area contributed by atoms with Crippen molar-refractivity contribution in [2.45, 2.75) is 64.4 Å². The fraction of sp³-hybridized carbons (Fsp3) is 0.750. The van der Waals surface area contributed by atoms with Crippen LogP contribution < -0.4 is 0 Å². The van der Waals surface area contributed by atoms with Crippen LogP contribution >= 0.6 is 12.6 Å². The number of thiol groups is 1. The highest BCUT2D eigenvalue weighted by atomic mass is 32.1. The summed E-state index contributed by atoms with van der Waals surface area (Å²) in [6.07, 6.45) is 11.7. The number of unbranched alkanes of at least 4 members (excludes halogenated alkanes) is 8. The van der Waals surface area contributed by atoms with E-state index in [1.807, 2.05) is 0 Å². The summed E-state index contributed by atoms with van der Waals surface area (Å²) in [5, 5.41) is 0. The Kier molecular flexibility index (Phi) is 19.7. The molecule has 1 rings (SSSR count). The molecular formula is C24H40FO4S. The number of ether oxygens (including phenoxy) is 4. The molecule has 0 aliphatic heterocycles. The SMILES string of the molecule is Fc1cc[c]c(COCCOCCOCCOCCCCCCCCCCCS)c1. The van der Waals surface area contributed by atoms with Crippen LogP contribution in [-0.2, 0) is 25.6 Å². The minimum atomic E-state index is -0.272. The number of halogens is 1. The molecule has 0 saturated heterocycles. The van der Waals surface area contributed by atoms with E-state index >= 15 is 0 Å². The predicted octanol–water partition coefficient (Wildman–Crippen LogP) is 5.63. The topological polar surface area (TPSA) is 36.9 Å². The predicted molar refractivity (Wildman–Crippen MR) is 123 cm³/mol. The summed E-state index contributed by atoms with van der Waals surface area (Å²) < 4.78 is 34.9. The van der Waals surface area contributed by atoms with Crippen molar-refractivity contribution < 1.29 is 23.3 Å². The van der Waals surface area contributed by atoms with Gasteiger partial charge in [0.15, 0.2) is 0 Å². The molecule has 0 heterocycles. The van der Waals surface area contributed by atoms with Gasteiger partial charge in [0.1, 0.15) is 5.82 Å². The van der Waals surface area contributed by atoms with Gasteiger partial charge in [-0.2, -0.15) is 12.6 Å². The summed E-state index contributed by atoms with van der Waals surface area (Å²) in [6, 6.07) is 7.28. The normalized spacial score (nSPS) is 11.3. The quantitative estimate of drug-likeness (QED) is 0.186. The maximum absolute atomic E-state index is 13.0. The van der Waals surface area contributed by atoms with Crippen LogP contribution in [0.15, 0.2) is 18.2 Å². The second-order valence-electron chi connectivity index (χ2n) is 7.33. The molecule has 0 fully saturated rings. The monoisotopic (exact) mass is 443 g/mol. The minimum absolute atomic E-state index is 0.272. The molecule has 1 aromatic carbocycles. The molecule has 4 nitrogen and oxygen atoms in total. The van der Waals surface area contributed by atoms with Crippen LogP contribution in [0.25, 0.3) is 0 Å². The van der Waals surface area contributed by atoms with E-state index in [4.69, 9.17) is 18.9 Å². The Labute approximate surface area is 188 Å². The molecule has 173 valence electrons. The molecular weight excluding hydrogens is 403 g/mol. The highest BCUT2D eigenvalue weighted by Gasteiger charge is 1.97. The summed E-state index contributed by atoms with van der Waals surface area (Å²) >= 11 is 4.24. The van der Waals surface area contributed by atoms with Gasteiger partial charge in [-0.1, -0.05) is 51.0 Å². The van der Waals surface area contributed by atoms with E-state index in [1.54, 1.807) is 6.07 Å². The molecule has 0 atom stereocenters. The van der Waals surface area contributed by atoms with Crippen molar-refractivity contribution in [3.05, 3.63) is 35.6 Å². The third-order valence-electron chi connectivity index (χ3n) is 4.64. The van der Waals surface area contributed by atoms with Gasteiger partial charge in [-0.05, 0) is 42.4 Å². The summed E-state index contributed by atoms with van der Waals surface area (Å²) in [6.45, 7) is 4.43. The van der Waals surface area contributed by atoms with Crippen LogP contribution in [-0.4, -0.2) is 52.0 Å². The lowest BCUT2D eigenvalue weighted by Crippen LogP contribution is -2.12. The Morgan fingerprint density at radius 1 is 0.667 bits per heavy atom. The molecule has 1 aromatic rings. The smallest absolute Gasteiger partial charge is 0.123 e. The summed E-state index contributed by atoms with van der Waals surface area (Å²) in [4.78, 5) is 0. The highest BCUT2D eigenvalue weighted by Crippen LogP contribution is 2.10. The van der Waals surface area contributed by atoms with Crippen molar-refractivity contribution in [3.63, 3.8) is 0 Å². The van der Waals surface area contributed by atoms with Crippen molar-refractivity contribution in [2.24, 2.45) is 0 Å². The Balaban J connectivity index is 1.69. The molecule has 0 bridgehead atoms. The molecule has 1 radical (unpaired) electrons. The van der Waals surface area contributed by atoms with Crippen LogP contribution in [0.2, 0.25) is 0 Å². The van der Waals surface area contributed by atoms with Gasteiger partial charge in [0.25, 0.3) is 0 Å². The van der Waals surface area contributed by atoms with Gasteiger partial charge in [0.2, 0.25) is 0 Å². The van der Waals surface area contributed by atoms with Crippen molar-refractivity contribution in [3.8, 4) is 0 Å². The van der Waals surface area contributed by atoms with E-state index in [0.29, 0.717) is 51.8 Å². The molecule has 0 aromatic heterocycles. The van der Waals surface area contributed by atoms with E-state index in [9.17, 15) is 4.39 Å². The Morgan fingerprint density at radius 2 is 1.17 bits per heavy atom. The standard InChI is InChI=1S/C24H40FO4S/c25-24-12-10-11-23(21-24)22-29-19-18-28-17-16-27-15-14-26-13-8-6-4-2-1-3-5-7-9-20-30/h10,12,21,30H,1-9,13-20,22H2. The Hall–Kier alpha value is -0.660. The number of hydrogen-bond acceptors (Lipinski definition) is 5. The molecule has 0 unspecified atom stereocenters. The van der Waals surface area contributed by atoms with Crippen LogP contribution in [0.3, 0.4) is 0 Å². The van der Waals surface area contributed by atoms with Crippen LogP contribution in [0.5, 0.6) is 0 Å². The first kappa shape index (κ1) is 27.4. The third kappa shape index (κ3) is 18.1. The maximum Gasteiger partial charge on any atom is 0.123 e. The Morgan fingerprint density at radius 3 is 1.73 bits per heavy atom. The first-order valence-electron chi connectivity index (χ1n) is 11.4. The van der Waals surface area contributed by atoms with Crippen LogP contribution in [0.4, 0.5) is 4.39 Å². The lowest BCUT2D eigenvalue weighted by Gasteiger charge is -2.08. The van der Waals surface area contributed by atoms with Gasteiger partial charge < -0.3 is 18.9 Å². The van der Waals surface area contributed by atoms with E-state index in [1.165, 1.54) is 63.5 Å². The molecule has 0 aliphatic carbocycles. The lowest BCUT2D eigenvalue weighted by atomic mass is 10.1. The van der Waals surface area contributed by atoms with Crippen molar-refractivity contribution in [2.75, 3.05) is 52.0 Å². The van der Waals surface area contributed by atoms with E-state index in [2.05, 4.69) is 18.7 Å². The number of rotatable bonds is 22. The van der Waals surface area contributed by atoms with E-state index in [0.717, 1.165) is 18.8 Å². The first-order valence-corrected chi connectivity index (χ1v) is 12.0. The average molecular weight is 444 g/mol. The lowest BCUT2D eigenvalue weighted by molar-refractivity contribution is -0.00444. The van der Waals surface area contributed by atoms with E-state index in [-0.39, 0.29) is 5.82 Å². The number of benzene rings is 1. The second-order valence-corrected chi connectivity index (χ2v) is 7.77. The van der Waals surface area contributed by atoms with Crippen LogP contribution in [0.1, 0.15) is 63.4 Å². The molecule has 30 heavy (non-hydrogen) atoms. The molecule has 0 spiro atoms. The zero-order chi connectivity index (χ0) is 21.5.